The third-order valence-electron chi connectivity index (χ3n) is 7.30. The highest BCUT2D eigenvalue weighted by Gasteiger charge is 2.28. The van der Waals surface area contributed by atoms with Crippen LogP contribution >= 0.6 is 15.9 Å². The van der Waals surface area contributed by atoms with Crippen LogP contribution in [0.25, 0.3) is 5.57 Å². The predicted molar refractivity (Wildman–Crippen MR) is 157 cm³/mol. The van der Waals surface area contributed by atoms with Gasteiger partial charge in [0.2, 0.25) is 0 Å². The van der Waals surface area contributed by atoms with Crippen LogP contribution in [0.5, 0.6) is 5.75 Å². The Kier molecular flexibility index (Phi) is 7.94. The number of ether oxygens (including phenoxy) is 2. The third kappa shape index (κ3) is 6.32. The SMILES string of the molecule is CC(C)(C)OC(=O)N1CCC(c2ccc(C3=C(Br)CCc4cc(OCc5ccccc5)ccc43)cc2)CC1. The molecule has 3 aromatic carbocycles. The van der Waals surface area contributed by atoms with Gasteiger partial charge in [-0.2, -0.15) is 0 Å². The summed E-state index contributed by atoms with van der Waals surface area (Å²) in [6.07, 6.45) is 3.69. The summed E-state index contributed by atoms with van der Waals surface area (Å²) in [6, 6.07) is 25.8. The number of carbonyl (C=O) groups is 1. The van der Waals surface area contributed by atoms with Gasteiger partial charge in [0.1, 0.15) is 18.0 Å². The van der Waals surface area contributed by atoms with Crippen LogP contribution < -0.4 is 4.74 Å². The number of benzene rings is 3. The van der Waals surface area contributed by atoms with E-state index >= 15 is 0 Å². The van der Waals surface area contributed by atoms with Gasteiger partial charge in [0, 0.05) is 17.6 Å². The van der Waals surface area contributed by atoms with E-state index in [-0.39, 0.29) is 6.09 Å². The number of hydrogen-bond acceptors (Lipinski definition) is 3. The summed E-state index contributed by atoms with van der Waals surface area (Å²) in [4.78, 5) is 14.3. The van der Waals surface area contributed by atoms with E-state index in [9.17, 15) is 4.79 Å². The molecular weight excluding hydrogens is 538 g/mol. The van der Waals surface area contributed by atoms with Crippen molar-refractivity contribution in [3.63, 3.8) is 0 Å². The van der Waals surface area contributed by atoms with Crippen molar-refractivity contribution < 1.29 is 14.3 Å². The molecule has 1 heterocycles. The normalized spacial score (nSPS) is 16.3. The maximum absolute atomic E-state index is 12.4. The molecule has 0 radical (unpaired) electrons. The minimum atomic E-state index is -0.457. The van der Waals surface area contributed by atoms with E-state index in [0.717, 1.165) is 44.5 Å². The van der Waals surface area contributed by atoms with E-state index < -0.39 is 5.60 Å². The Morgan fingerprint density at radius 1 is 0.947 bits per heavy atom. The van der Waals surface area contributed by atoms with Gasteiger partial charge in [-0.25, -0.2) is 4.79 Å². The zero-order chi connectivity index (χ0) is 26.7. The van der Waals surface area contributed by atoms with Gasteiger partial charge in [-0.15, -0.1) is 0 Å². The highest BCUT2D eigenvalue weighted by molar-refractivity contribution is 9.11. The Hall–Kier alpha value is -3.05. The molecule has 1 aliphatic carbocycles. The van der Waals surface area contributed by atoms with E-state index in [1.807, 2.05) is 43.9 Å². The van der Waals surface area contributed by atoms with Gasteiger partial charge in [0.25, 0.3) is 0 Å². The number of nitrogens with zero attached hydrogens (tertiary/aromatic N) is 1. The molecule has 0 aromatic heterocycles. The second-order valence-electron chi connectivity index (χ2n) is 11.2. The Labute approximate surface area is 234 Å². The summed E-state index contributed by atoms with van der Waals surface area (Å²) < 4.78 is 12.9. The van der Waals surface area contributed by atoms with Gasteiger partial charge in [-0.05, 0) is 97.9 Å². The van der Waals surface area contributed by atoms with Crippen LogP contribution in [0.3, 0.4) is 0 Å². The van der Waals surface area contributed by atoms with Crippen molar-refractivity contribution in [2.24, 2.45) is 0 Å². The van der Waals surface area contributed by atoms with Crippen molar-refractivity contribution in [2.45, 2.75) is 64.6 Å². The lowest BCUT2D eigenvalue weighted by molar-refractivity contribution is 0.0205. The van der Waals surface area contributed by atoms with E-state index in [2.05, 4.69) is 70.5 Å². The summed E-state index contributed by atoms with van der Waals surface area (Å²) in [5, 5.41) is 0. The van der Waals surface area contributed by atoms with Crippen molar-refractivity contribution >= 4 is 27.6 Å². The van der Waals surface area contributed by atoms with Gasteiger partial charge in [-0.3, -0.25) is 0 Å². The van der Waals surface area contributed by atoms with E-state index in [1.165, 1.54) is 37.9 Å². The summed E-state index contributed by atoms with van der Waals surface area (Å²) >= 11 is 3.88. The monoisotopic (exact) mass is 573 g/mol. The first kappa shape index (κ1) is 26.6. The van der Waals surface area contributed by atoms with Crippen LogP contribution in [0.2, 0.25) is 0 Å². The molecule has 0 unspecified atom stereocenters. The van der Waals surface area contributed by atoms with Crippen LogP contribution in [-0.4, -0.2) is 29.7 Å². The molecule has 1 saturated heterocycles. The minimum absolute atomic E-state index is 0.201. The first-order valence-electron chi connectivity index (χ1n) is 13.5. The lowest BCUT2D eigenvalue weighted by atomic mass is 9.84. The van der Waals surface area contributed by atoms with Crippen molar-refractivity contribution in [3.8, 4) is 5.75 Å². The van der Waals surface area contributed by atoms with Crippen LogP contribution in [0.4, 0.5) is 4.79 Å². The zero-order valence-corrected chi connectivity index (χ0v) is 24.1. The van der Waals surface area contributed by atoms with Crippen molar-refractivity contribution in [1.82, 2.24) is 4.90 Å². The molecule has 2 aliphatic rings. The molecule has 1 fully saturated rings. The summed E-state index contributed by atoms with van der Waals surface area (Å²) in [7, 11) is 0. The number of carbonyl (C=O) groups excluding carboxylic acids is 1. The number of hydrogen-bond donors (Lipinski definition) is 0. The molecule has 1 amide bonds. The number of allylic oxidation sites excluding steroid dienone is 1. The quantitative estimate of drug-likeness (QED) is 0.307. The maximum Gasteiger partial charge on any atom is 0.410 e. The lowest BCUT2D eigenvalue weighted by Crippen LogP contribution is -2.41. The molecule has 4 nitrogen and oxygen atoms in total. The third-order valence-corrected chi connectivity index (χ3v) is 8.09. The number of amides is 1. The fraction of sp³-hybridized carbons (Fsp3) is 0.364. The van der Waals surface area contributed by atoms with Crippen molar-refractivity contribution in [3.05, 3.63) is 105 Å². The van der Waals surface area contributed by atoms with E-state index in [4.69, 9.17) is 9.47 Å². The summed E-state index contributed by atoms with van der Waals surface area (Å²) in [5.41, 5.74) is 7.15. The lowest BCUT2D eigenvalue weighted by Gasteiger charge is -2.33. The van der Waals surface area contributed by atoms with Gasteiger partial charge in [0.15, 0.2) is 0 Å². The summed E-state index contributed by atoms with van der Waals surface area (Å²) in [5.74, 6) is 1.38. The molecule has 0 bridgehead atoms. The number of halogens is 1. The highest BCUT2D eigenvalue weighted by atomic mass is 79.9. The number of fused-ring (bicyclic) bond motifs is 1. The number of piperidine rings is 1. The first-order chi connectivity index (χ1) is 18.3. The molecule has 198 valence electrons. The van der Waals surface area contributed by atoms with Gasteiger partial charge >= 0.3 is 6.09 Å². The molecule has 0 N–H and O–H groups in total. The van der Waals surface area contributed by atoms with Crippen LogP contribution in [0, 0.1) is 0 Å². The number of aryl methyl sites for hydroxylation is 1. The fourth-order valence-electron chi connectivity index (χ4n) is 5.32. The number of rotatable bonds is 5. The second-order valence-corrected chi connectivity index (χ2v) is 12.2. The Morgan fingerprint density at radius 2 is 1.66 bits per heavy atom. The van der Waals surface area contributed by atoms with Crippen molar-refractivity contribution in [2.75, 3.05) is 13.1 Å². The van der Waals surface area contributed by atoms with E-state index in [0.29, 0.717) is 12.5 Å². The Bertz CT molecular complexity index is 1300. The summed E-state index contributed by atoms with van der Waals surface area (Å²) in [6.45, 7) is 7.79. The minimum Gasteiger partial charge on any atom is -0.489 e. The molecule has 0 saturated carbocycles. The van der Waals surface area contributed by atoms with E-state index in [1.54, 1.807) is 0 Å². The number of likely N-dealkylation sites (tertiary alicyclic amines) is 1. The smallest absolute Gasteiger partial charge is 0.410 e. The molecule has 3 aromatic rings. The molecular formula is C33H36BrNO3. The van der Waals surface area contributed by atoms with Gasteiger partial charge in [-0.1, -0.05) is 76.6 Å². The van der Waals surface area contributed by atoms with Gasteiger partial charge in [0.05, 0.1) is 0 Å². The fourth-order valence-corrected chi connectivity index (χ4v) is 5.96. The van der Waals surface area contributed by atoms with Crippen LogP contribution in [0.1, 0.15) is 73.8 Å². The van der Waals surface area contributed by atoms with Crippen LogP contribution in [-0.2, 0) is 17.8 Å². The highest BCUT2D eigenvalue weighted by Crippen LogP contribution is 2.40. The molecule has 1 aliphatic heterocycles. The molecule has 5 heteroatoms. The average Bonchev–Trinajstić information content (AvgIpc) is 2.92. The van der Waals surface area contributed by atoms with Crippen molar-refractivity contribution in [1.29, 1.82) is 0 Å². The Morgan fingerprint density at radius 3 is 2.34 bits per heavy atom. The standard InChI is InChI=1S/C33H36BrNO3/c1-33(2,3)38-32(36)35-19-17-25(18-20-35)24-9-11-26(12-10-24)31-29-15-14-28(21-27(29)13-16-30(31)34)37-22-23-7-5-4-6-8-23/h4-12,14-15,21,25H,13,16-20,22H2,1-3H3. The molecule has 38 heavy (non-hydrogen) atoms. The molecule has 0 atom stereocenters. The second kappa shape index (κ2) is 11.4. The molecule has 0 spiro atoms. The topological polar surface area (TPSA) is 38.8 Å². The Balaban J connectivity index is 1.25. The first-order valence-corrected chi connectivity index (χ1v) is 14.3. The van der Waals surface area contributed by atoms with Crippen LogP contribution in [0.15, 0.2) is 77.3 Å². The average molecular weight is 575 g/mol. The largest absolute Gasteiger partial charge is 0.489 e. The predicted octanol–water partition coefficient (Wildman–Crippen LogP) is 8.48. The van der Waals surface area contributed by atoms with Gasteiger partial charge < -0.3 is 14.4 Å². The maximum atomic E-state index is 12.4. The zero-order valence-electron chi connectivity index (χ0n) is 22.5. The molecule has 5 rings (SSSR count).